The number of halogens is 1. The molecule has 1 aromatic carbocycles. The summed E-state index contributed by atoms with van der Waals surface area (Å²) in [7, 11) is 0. The maximum atomic E-state index is 6.29. The van der Waals surface area contributed by atoms with Gasteiger partial charge < -0.3 is 10.3 Å². The first-order chi connectivity index (χ1) is 8.01. The van der Waals surface area contributed by atoms with Gasteiger partial charge in [0.15, 0.2) is 0 Å². The van der Waals surface area contributed by atoms with Gasteiger partial charge in [0.1, 0.15) is 5.82 Å². The van der Waals surface area contributed by atoms with Gasteiger partial charge in [0.2, 0.25) is 0 Å². The van der Waals surface area contributed by atoms with Crippen LogP contribution < -0.4 is 5.73 Å². The minimum absolute atomic E-state index is 0.213. The molecule has 90 valence electrons. The van der Waals surface area contributed by atoms with Gasteiger partial charge in [-0.1, -0.05) is 11.6 Å². The van der Waals surface area contributed by atoms with Crippen molar-refractivity contribution < 1.29 is 0 Å². The summed E-state index contributed by atoms with van der Waals surface area (Å²) in [5.74, 6) is 1.00. The minimum atomic E-state index is -0.213. The van der Waals surface area contributed by atoms with Crippen LogP contribution in [0.2, 0.25) is 5.02 Å². The second-order valence-electron chi connectivity index (χ2n) is 5.19. The highest BCUT2D eigenvalue weighted by atomic mass is 35.5. The molecule has 3 rings (SSSR count). The minimum Gasteiger partial charge on any atom is -0.324 e. The summed E-state index contributed by atoms with van der Waals surface area (Å²) in [6.07, 6.45) is 2.05. The van der Waals surface area contributed by atoms with Gasteiger partial charge >= 0.3 is 0 Å². The SMILES string of the molecule is CC(C)n1c(C2(N)CC2)nc2ccc(Cl)cc21. The Morgan fingerprint density at radius 2 is 2.12 bits per heavy atom. The van der Waals surface area contributed by atoms with Crippen LogP contribution in [0.1, 0.15) is 38.6 Å². The smallest absolute Gasteiger partial charge is 0.130 e. The first-order valence-corrected chi connectivity index (χ1v) is 6.36. The molecule has 0 unspecified atom stereocenters. The van der Waals surface area contributed by atoms with Crippen LogP contribution in [0.25, 0.3) is 11.0 Å². The van der Waals surface area contributed by atoms with Gasteiger partial charge in [0.25, 0.3) is 0 Å². The average molecular weight is 250 g/mol. The van der Waals surface area contributed by atoms with Crippen molar-refractivity contribution in [3.8, 4) is 0 Å². The largest absolute Gasteiger partial charge is 0.324 e. The molecule has 2 N–H and O–H groups in total. The molecule has 1 aliphatic rings. The molecule has 4 heteroatoms. The maximum absolute atomic E-state index is 6.29. The molecule has 0 bridgehead atoms. The zero-order chi connectivity index (χ0) is 12.2. The van der Waals surface area contributed by atoms with Crippen LogP contribution in [-0.2, 0) is 5.54 Å². The van der Waals surface area contributed by atoms with E-state index < -0.39 is 0 Å². The summed E-state index contributed by atoms with van der Waals surface area (Å²) in [4.78, 5) is 4.69. The van der Waals surface area contributed by atoms with Gasteiger partial charge in [0, 0.05) is 11.1 Å². The van der Waals surface area contributed by atoms with Crippen molar-refractivity contribution in [2.45, 2.75) is 38.3 Å². The van der Waals surface area contributed by atoms with Gasteiger partial charge in [-0.25, -0.2) is 4.98 Å². The monoisotopic (exact) mass is 249 g/mol. The van der Waals surface area contributed by atoms with Gasteiger partial charge in [-0.3, -0.25) is 0 Å². The van der Waals surface area contributed by atoms with E-state index in [0.29, 0.717) is 6.04 Å². The highest BCUT2D eigenvalue weighted by molar-refractivity contribution is 6.31. The van der Waals surface area contributed by atoms with E-state index in [1.54, 1.807) is 0 Å². The second-order valence-corrected chi connectivity index (χ2v) is 5.62. The van der Waals surface area contributed by atoms with Crippen LogP contribution in [0.4, 0.5) is 0 Å². The van der Waals surface area contributed by atoms with Crippen molar-refractivity contribution in [1.82, 2.24) is 9.55 Å². The van der Waals surface area contributed by atoms with Crippen molar-refractivity contribution in [1.29, 1.82) is 0 Å². The third kappa shape index (κ3) is 1.65. The number of benzene rings is 1. The number of aromatic nitrogens is 2. The highest BCUT2D eigenvalue weighted by Crippen LogP contribution is 2.44. The first kappa shape index (κ1) is 11.1. The Morgan fingerprint density at radius 1 is 1.41 bits per heavy atom. The molecule has 17 heavy (non-hydrogen) atoms. The van der Waals surface area contributed by atoms with Crippen molar-refractivity contribution in [3.05, 3.63) is 29.0 Å². The van der Waals surface area contributed by atoms with Gasteiger partial charge in [-0.15, -0.1) is 0 Å². The normalized spacial score (nSPS) is 17.9. The molecule has 1 saturated carbocycles. The lowest BCUT2D eigenvalue weighted by atomic mass is 10.2. The van der Waals surface area contributed by atoms with Crippen LogP contribution in [0, 0.1) is 0 Å². The Bertz CT molecular complexity index is 582. The van der Waals surface area contributed by atoms with E-state index in [1.165, 1.54) is 0 Å². The average Bonchev–Trinajstić information content (AvgIpc) is 2.89. The summed E-state index contributed by atoms with van der Waals surface area (Å²) < 4.78 is 2.22. The molecule has 1 aromatic heterocycles. The molecule has 3 nitrogen and oxygen atoms in total. The van der Waals surface area contributed by atoms with E-state index in [0.717, 1.165) is 34.7 Å². The van der Waals surface area contributed by atoms with Crippen molar-refractivity contribution >= 4 is 22.6 Å². The number of hydrogen-bond acceptors (Lipinski definition) is 2. The Hall–Kier alpha value is -1.06. The maximum Gasteiger partial charge on any atom is 0.130 e. The lowest BCUT2D eigenvalue weighted by Crippen LogP contribution is -2.25. The van der Waals surface area contributed by atoms with Crippen LogP contribution in [0.15, 0.2) is 18.2 Å². The second kappa shape index (κ2) is 3.47. The van der Waals surface area contributed by atoms with Gasteiger partial charge in [-0.2, -0.15) is 0 Å². The Kier molecular flexibility index (Phi) is 2.25. The Balaban J connectivity index is 2.31. The van der Waals surface area contributed by atoms with E-state index in [-0.39, 0.29) is 5.54 Å². The van der Waals surface area contributed by atoms with Gasteiger partial charge in [0.05, 0.1) is 16.6 Å². The predicted molar refractivity (Wildman–Crippen MR) is 70.2 cm³/mol. The molecular formula is C13H16ClN3. The zero-order valence-corrected chi connectivity index (χ0v) is 10.8. The molecule has 0 spiro atoms. The molecule has 0 atom stereocenters. The topological polar surface area (TPSA) is 43.8 Å². The predicted octanol–water partition coefficient (Wildman–Crippen LogP) is 3.22. The third-order valence-corrected chi connectivity index (χ3v) is 3.64. The number of nitrogens with zero attached hydrogens (tertiary/aromatic N) is 2. The molecule has 0 saturated heterocycles. The molecule has 1 heterocycles. The van der Waals surface area contributed by atoms with Crippen LogP contribution >= 0.6 is 11.6 Å². The summed E-state index contributed by atoms with van der Waals surface area (Å²) in [6.45, 7) is 4.30. The third-order valence-electron chi connectivity index (χ3n) is 3.40. The van der Waals surface area contributed by atoms with E-state index in [9.17, 15) is 0 Å². The molecule has 0 radical (unpaired) electrons. The fraction of sp³-hybridized carbons (Fsp3) is 0.462. The molecule has 0 amide bonds. The van der Waals surface area contributed by atoms with E-state index >= 15 is 0 Å². The zero-order valence-electron chi connectivity index (χ0n) is 10.1. The number of nitrogens with two attached hydrogens (primary N) is 1. The fourth-order valence-corrected chi connectivity index (χ4v) is 2.46. The summed E-state index contributed by atoms with van der Waals surface area (Å²) >= 11 is 6.06. The quantitative estimate of drug-likeness (QED) is 0.888. The number of imidazole rings is 1. The van der Waals surface area contributed by atoms with Crippen molar-refractivity contribution in [2.24, 2.45) is 5.73 Å². The number of hydrogen-bond donors (Lipinski definition) is 1. The number of fused-ring (bicyclic) bond motifs is 1. The summed E-state index contributed by atoms with van der Waals surface area (Å²) in [5.41, 5.74) is 8.14. The highest BCUT2D eigenvalue weighted by Gasteiger charge is 2.44. The Morgan fingerprint density at radius 3 is 2.71 bits per heavy atom. The molecule has 1 fully saturated rings. The number of rotatable bonds is 2. The van der Waals surface area contributed by atoms with Crippen molar-refractivity contribution in [2.75, 3.05) is 0 Å². The molecule has 0 aliphatic heterocycles. The standard InChI is InChI=1S/C13H16ClN3/c1-8(2)17-11-7-9(14)3-4-10(11)16-12(17)13(15)5-6-13/h3-4,7-8H,5-6,15H2,1-2H3. The summed E-state index contributed by atoms with van der Waals surface area (Å²) in [5, 5.41) is 0.743. The van der Waals surface area contributed by atoms with E-state index in [1.807, 2.05) is 18.2 Å². The lowest BCUT2D eigenvalue weighted by molar-refractivity contribution is 0.535. The van der Waals surface area contributed by atoms with E-state index in [4.69, 9.17) is 17.3 Å². The molecule has 2 aromatic rings. The van der Waals surface area contributed by atoms with Crippen LogP contribution in [-0.4, -0.2) is 9.55 Å². The lowest BCUT2D eigenvalue weighted by Gasteiger charge is -2.16. The Labute approximate surface area is 106 Å². The summed E-state index contributed by atoms with van der Waals surface area (Å²) in [6, 6.07) is 6.15. The molecular weight excluding hydrogens is 234 g/mol. The van der Waals surface area contributed by atoms with Crippen LogP contribution in [0.3, 0.4) is 0 Å². The van der Waals surface area contributed by atoms with Crippen LogP contribution in [0.5, 0.6) is 0 Å². The first-order valence-electron chi connectivity index (χ1n) is 5.98. The molecule has 1 aliphatic carbocycles. The van der Waals surface area contributed by atoms with E-state index in [2.05, 4.69) is 23.4 Å². The fourth-order valence-electron chi connectivity index (χ4n) is 2.30. The van der Waals surface area contributed by atoms with Crippen molar-refractivity contribution in [3.63, 3.8) is 0 Å². The van der Waals surface area contributed by atoms with Gasteiger partial charge in [-0.05, 0) is 44.9 Å².